The molecular weight excluding hydrogens is 313 g/mol. The number of carbonyl (C=O) groups is 1. The van der Waals surface area contributed by atoms with Crippen LogP contribution in [0.15, 0.2) is 24.3 Å². The summed E-state index contributed by atoms with van der Waals surface area (Å²) in [6.07, 6.45) is -0.775. The van der Waals surface area contributed by atoms with Gasteiger partial charge in [-0.3, -0.25) is 0 Å². The van der Waals surface area contributed by atoms with E-state index in [1.807, 2.05) is 0 Å². The SMILES string of the molecule is COC(C(=O)O)C1CN(S(=O)(=O)CCc2cccc(F)c2)C1. The van der Waals surface area contributed by atoms with Crippen molar-refractivity contribution in [2.24, 2.45) is 5.92 Å². The summed E-state index contributed by atoms with van der Waals surface area (Å²) in [4.78, 5) is 10.9. The molecule has 1 fully saturated rings. The summed E-state index contributed by atoms with van der Waals surface area (Å²) in [5, 5.41) is 8.95. The smallest absolute Gasteiger partial charge is 0.333 e. The lowest BCUT2D eigenvalue weighted by Crippen LogP contribution is -2.56. The number of hydrogen-bond acceptors (Lipinski definition) is 4. The van der Waals surface area contributed by atoms with E-state index < -0.39 is 27.9 Å². The van der Waals surface area contributed by atoms with Crippen LogP contribution in [0.1, 0.15) is 5.56 Å². The molecule has 1 aromatic rings. The predicted molar refractivity (Wildman–Crippen MR) is 77.4 cm³/mol. The molecule has 0 aromatic heterocycles. The molecule has 1 saturated heterocycles. The lowest BCUT2D eigenvalue weighted by atomic mass is 9.96. The van der Waals surface area contributed by atoms with Crippen LogP contribution in [0.25, 0.3) is 0 Å². The quantitative estimate of drug-likeness (QED) is 0.796. The molecule has 2 rings (SSSR count). The Hall–Kier alpha value is -1.51. The molecule has 0 amide bonds. The van der Waals surface area contributed by atoms with Crippen molar-refractivity contribution in [2.45, 2.75) is 12.5 Å². The summed E-state index contributed by atoms with van der Waals surface area (Å²) in [5.41, 5.74) is 0.612. The Morgan fingerprint density at radius 3 is 2.73 bits per heavy atom. The molecule has 0 saturated carbocycles. The van der Waals surface area contributed by atoms with Gasteiger partial charge in [-0.1, -0.05) is 12.1 Å². The maximum atomic E-state index is 13.0. The second-order valence-electron chi connectivity index (χ2n) is 5.27. The van der Waals surface area contributed by atoms with E-state index in [2.05, 4.69) is 0 Å². The van der Waals surface area contributed by atoms with Gasteiger partial charge in [0.05, 0.1) is 5.75 Å². The third-order valence-corrected chi connectivity index (χ3v) is 5.54. The molecule has 22 heavy (non-hydrogen) atoms. The summed E-state index contributed by atoms with van der Waals surface area (Å²) in [5.74, 6) is -1.97. The first kappa shape index (κ1) is 16.9. The lowest BCUT2D eigenvalue weighted by molar-refractivity contribution is -0.154. The fraction of sp³-hybridized carbons (Fsp3) is 0.500. The number of carboxylic acid groups (broad SMARTS) is 1. The van der Waals surface area contributed by atoms with Crippen molar-refractivity contribution in [1.82, 2.24) is 4.31 Å². The molecule has 1 aromatic carbocycles. The minimum atomic E-state index is -3.47. The molecule has 0 spiro atoms. The molecule has 1 aliphatic rings. The van der Waals surface area contributed by atoms with Crippen LogP contribution in [0.2, 0.25) is 0 Å². The van der Waals surface area contributed by atoms with Crippen LogP contribution in [0, 0.1) is 11.7 Å². The van der Waals surface area contributed by atoms with Gasteiger partial charge in [-0.15, -0.1) is 0 Å². The van der Waals surface area contributed by atoms with Gasteiger partial charge in [0.25, 0.3) is 0 Å². The highest BCUT2D eigenvalue weighted by Gasteiger charge is 2.42. The highest BCUT2D eigenvalue weighted by atomic mass is 32.2. The van der Waals surface area contributed by atoms with Gasteiger partial charge in [-0.2, -0.15) is 0 Å². The summed E-state index contributed by atoms with van der Waals surface area (Å²) < 4.78 is 43.4. The highest BCUT2D eigenvalue weighted by molar-refractivity contribution is 7.89. The third-order valence-electron chi connectivity index (χ3n) is 3.73. The number of benzene rings is 1. The fourth-order valence-corrected chi connectivity index (χ4v) is 4.04. The second kappa shape index (κ2) is 6.72. The average molecular weight is 331 g/mol. The van der Waals surface area contributed by atoms with Crippen LogP contribution in [0.4, 0.5) is 4.39 Å². The largest absolute Gasteiger partial charge is 0.479 e. The van der Waals surface area contributed by atoms with E-state index >= 15 is 0 Å². The predicted octanol–water partition coefficient (Wildman–Crippen LogP) is 0.729. The summed E-state index contributed by atoms with van der Waals surface area (Å²) >= 11 is 0. The zero-order chi connectivity index (χ0) is 16.3. The normalized spacial score (nSPS) is 17.9. The number of methoxy groups -OCH3 is 1. The van der Waals surface area contributed by atoms with Crippen LogP contribution in [0.5, 0.6) is 0 Å². The van der Waals surface area contributed by atoms with Crippen LogP contribution in [0.3, 0.4) is 0 Å². The van der Waals surface area contributed by atoms with E-state index in [1.165, 1.54) is 29.6 Å². The minimum Gasteiger partial charge on any atom is -0.479 e. The van der Waals surface area contributed by atoms with Gasteiger partial charge < -0.3 is 9.84 Å². The van der Waals surface area contributed by atoms with Crippen molar-refractivity contribution in [1.29, 1.82) is 0 Å². The number of nitrogens with zero attached hydrogens (tertiary/aromatic N) is 1. The van der Waals surface area contributed by atoms with Crippen molar-refractivity contribution in [3.8, 4) is 0 Å². The standard InChI is InChI=1S/C14H18FNO5S/c1-21-13(14(17)18)11-8-16(9-11)22(19,20)6-5-10-3-2-4-12(15)7-10/h2-4,7,11,13H,5-6,8-9H2,1H3,(H,17,18). The summed E-state index contributed by atoms with van der Waals surface area (Å²) in [6.45, 7) is 0.270. The highest BCUT2D eigenvalue weighted by Crippen LogP contribution is 2.25. The molecule has 1 N–H and O–H groups in total. The van der Waals surface area contributed by atoms with Crippen molar-refractivity contribution in [3.05, 3.63) is 35.6 Å². The van der Waals surface area contributed by atoms with E-state index in [4.69, 9.17) is 9.84 Å². The van der Waals surface area contributed by atoms with E-state index in [1.54, 1.807) is 6.07 Å². The van der Waals surface area contributed by atoms with Gasteiger partial charge in [0, 0.05) is 26.1 Å². The topological polar surface area (TPSA) is 83.9 Å². The van der Waals surface area contributed by atoms with Gasteiger partial charge in [-0.05, 0) is 24.1 Å². The Balaban J connectivity index is 1.89. The number of rotatable bonds is 7. The molecular formula is C14H18FNO5S. The summed E-state index contributed by atoms with van der Waals surface area (Å²) in [7, 11) is -2.18. The molecule has 1 aliphatic heterocycles. The fourth-order valence-electron chi connectivity index (χ4n) is 2.45. The first-order valence-corrected chi connectivity index (χ1v) is 8.42. The van der Waals surface area contributed by atoms with Crippen molar-refractivity contribution in [3.63, 3.8) is 0 Å². The summed E-state index contributed by atoms with van der Waals surface area (Å²) in [6, 6.07) is 5.81. The number of aryl methyl sites for hydroxylation is 1. The van der Waals surface area contributed by atoms with E-state index in [-0.39, 0.29) is 31.2 Å². The number of aliphatic carboxylic acids is 1. The molecule has 0 aliphatic carbocycles. The van der Waals surface area contributed by atoms with Gasteiger partial charge in [0.2, 0.25) is 10.0 Å². The Bertz CT molecular complexity index is 642. The second-order valence-corrected chi connectivity index (χ2v) is 7.36. The van der Waals surface area contributed by atoms with Crippen LogP contribution < -0.4 is 0 Å². The van der Waals surface area contributed by atoms with Gasteiger partial charge in [0.1, 0.15) is 5.82 Å². The Morgan fingerprint density at radius 2 is 2.18 bits per heavy atom. The monoisotopic (exact) mass is 331 g/mol. The van der Waals surface area contributed by atoms with Gasteiger partial charge in [-0.25, -0.2) is 21.9 Å². The molecule has 1 atom stereocenters. The van der Waals surface area contributed by atoms with Crippen LogP contribution in [-0.2, 0) is 26.0 Å². The van der Waals surface area contributed by atoms with Crippen molar-refractivity contribution < 1.29 is 27.4 Å². The molecule has 0 radical (unpaired) electrons. The van der Waals surface area contributed by atoms with Gasteiger partial charge in [0.15, 0.2) is 6.10 Å². The van der Waals surface area contributed by atoms with Crippen LogP contribution >= 0.6 is 0 Å². The first-order valence-electron chi connectivity index (χ1n) is 6.81. The maximum absolute atomic E-state index is 13.0. The number of halogens is 1. The van der Waals surface area contributed by atoms with E-state index in [0.717, 1.165) is 0 Å². The van der Waals surface area contributed by atoms with E-state index in [0.29, 0.717) is 5.56 Å². The van der Waals surface area contributed by atoms with Crippen molar-refractivity contribution in [2.75, 3.05) is 26.0 Å². The van der Waals surface area contributed by atoms with E-state index in [9.17, 15) is 17.6 Å². The van der Waals surface area contributed by atoms with Crippen molar-refractivity contribution >= 4 is 16.0 Å². The molecule has 8 heteroatoms. The molecule has 1 heterocycles. The van der Waals surface area contributed by atoms with Crippen LogP contribution in [-0.4, -0.2) is 55.9 Å². The number of ether oxygens (including phenoxy) is 1. The lowest BCUT2D eigenvalue weighted by Gasteiger charge is -2.40. The minimum absolute atomic E-state index is 0.131. The zero-order valence-corrected chi connectivity index (χ0v) is 12.9. The van der Waals surface area contributed by atoms with Gasteiger partial charge >= 0.3 is 5.97 Å². The Morgan fingerprint density at radius 1 is 1.50 bits per heavy atom. The molecule has 122 valence electrons. The Kier molecular flexibility index (Phi) is 5.15. The maximum Gasteiger partial charge on any atom is 0.333 e. The number of sulfonamides is 1. The average Bonchev–Trinajstić information content (AvgIpc) is 2.39. The number of carboxylic acids is 1. The first-order chi connectivity index (χ1) is 10.3. The molecule has 6 nitrogen and oxygen atoms in total. The Labute approximate surface area is 128 Å². The number of hydrogen-bond donors (Lipinski definition) is 1. The third kappa shape index (κ3) is 3.82. The molecule has 1 unspecified atom stereocenters. The molecule has 0 bridgehead atoms. The zero-order valence-electron chi connectivity index (χ0n) is 12.1.